The molecule has 2 amide bonds. The smallest absolute Gasteiger partial charge is 0.265 e. The van der Waals surface area contributed by atoms with E-state index in [9.17, 15) is 9.59 Å². The number of hydrogen-bond acceptors (Lipinski definition) is 5. The van der Waals surface area contributed by atoms with E-state index in [4.69, 9.17) is 9.47 Å². The van der Waals surface area contributed by atoms with Crippen LogP contribution in [0.5, 0.6) is 11.5 Å². The molecule has 0 saturated carbocycles. The molecule has 0 spiro atoms. The number of aryl methyl sites for hydroxylation is 1. The van der Waals surface area contributed by atoms with Gasteiger partial charge in [-0.25, -0.2) is 0 Å². The van der Waals surface area contributed by atoms with Crippen LogP contribution in [0.15, 0.2) is 82.6 Å². The zero-order valence-corrected chi connectivity index (χ0v) is 20.4. The number of anilines is 1. The maximum absolute atomic E-state index is 13.4. The van der Waals surface area contributed by atoms with Crippen molar-refractivity contribution in [2.24, 2.45) is 0 Å². The number of nitrogens with one attached hydrogen (secondary N) is 1. The normalized spacial score (nSPS) is 16.6. The fourth-order valence-electron chi connectivity index (χ4n) is 4.08. The van der Waals surface area contributed by atoms with Crippen molar-refractivity contribution < 1.29 is 19.1 Å². The summed E-state index contributed by atoms with van der Waals surface area (Å²) in [4.78, 5) is 29.4. The first-order valence-electron chi connectivity index (χ1n) is 11.5. The number of rotatable bonds is 5. The minimum absolute atomic E-state index is 0.184. The van der Waals surface area contributed by atoms with E-state index in [1.165, 1.54) is 23.4 Å². The lowest BCUT2D eigenvalue weighted by molar-refractivity contribution is -0.118. The second-order valence-corrected chi connectivity index (χ2v) is 9.67. The molecule has 0 saturated heterocycles. The van der Waals surface area contributed by atoms with Crippen molar-refractivity contribution in [2.75, 3.05) is 18.1 Å². The van der Waals surface area contributed by atoms with Gasteiger partial charge < -0.3 is 19.7 Å². The molecule has 7 heteroatoms. The largest absolute Gasteiger partial charge is 0.486 e. The number of carbonyl (C=O) groups is 2. The molecule has 178 valence electrons. The predicted octanol–water partition coefficient (Wildman–Crippen LogP) is 5.17. The maximum atomic E-state index is 13.4. The fourth-order valence-corrected chi connectivity index (χ4v) is 5.11. The first-order valence-corrected chi connectivity index (χ1v) is 12.4. The van der Waals surface area contributed by atoms with E-state index >= 15 is 0 Å². The number of ether oxygens (including phenoxy) is 2. The number of hydrogen-bond donors (Lipinski definition) is 1. The third kappa shape index (κ3) is 5.05. The van der Waals surface area contributed by atoms with E-state index in [1.807, 2.05) is 80.6 Å². The van der Waals surface area contributed by atoms with Crippen LogP contribution in [0.2, 0.25) is 0 Å². The van der Waals surface area contributed by atoms with Gasteiger partial charge in [-0.2, -0.15) is 0 Å². The molecule has 1 atom stereocenters. The van der Waals surface area contributed by atoms with Crippen LogP contribution in [0.25, 0.3) is 0 Å². The highest BCUT2D eigenvalue weighted by Crippen LogP contribution is 2.42. The van der Waals surface area contributed by atoms with E-state index < -0.39 is 0 Å². The Labute approximate surface area is 208 Å². The van der Waals surface area contributed by atoms with Crippen LogP contribution in [0, 0.1) is 6.92 Å². The molecule has 5 rings (SSSR count). The van der Waals surface area contributed by atoms with Crippen molar-refractivity contribution in [3.8, 4) is 11.5 Å². The summed E-state index contributed by atoms with van der Waals surface area (Å²) in [5, 5.41) is 2.97. The van der Waals surface area contributed by atoms with Crippen LogP contribution >= 0.6 is 11.8 Å². The minimum Gasteiger partial charge on any atom is -0.486 e. The molecule has 0 aromatic heterocycles. The quantitative estimate of drug-likeness (QED) is 0.504. The monoisotopic (exact) mass is 486 g/mol. The Balaban J connectivity index is 1.35. The number of fused-ring (bicyclic) bond motifs is 2. The summed E-state index contributed by atoms with van der Waals surface area (Å²) in [6, 6.07) is 21.3. The zero-order valence-electron chi connectivity index (χ0n) is 19.6. The summed E-state index contributed by atoms with van der Waals surface area (Å²) in [5.74, 6) is 0.876. The third-order valence-electron chi connectivity index (χ3n) is 5.98. The SMILES string of the molecule is Cc1ccc(CN2C(=O)C(=CC(=O)NC(C)c3ccc4c(c3)OCCO4)Sc3ccccc32)cc1. The van der Waals surface area contributed by atoms with Gasteiger partial charge in [0.1, 0.15) is 13.2 Å². The van der Waals surface area contributed by atoms with E-state index in [2.05, 4.69) is 5.32 Å². The van der Waals surface area contributed by atoms with Gasteiger partial charge in [-0.15, -0.1) is 0 Å². The van der Waals surface area contributed by atoms with Gasteiger partial charge in [0, 0.05) is 11.0 Å². The number of benzene rings is 3. The highest BCUT2D eigenvalue weighted by Gasteiger charge is 2.30. The minimum atomic E-state index is -0.321. The zero-order chi connectivity index (χ0) is 24.4. The van der Waals surface area contributed by atoms with E-state index in [-0.39, 0.29) is 17.9 Å². The first-order chi connectivity index (χ1) is 17.0. The van der Waals surface area contributed by atoms with Crippen molar-refractivity contribution in [1.29, 1.82) is 0 Å². The number of para-hydroxylation sites is 1. The lowest BCUT2D eigenvalue weighted by Gasteiger charge is -2.30. The predicted molar refractivity (Wildman–Crippen MR) is 137 cm³/mol. The highest BCUT2D eigenvalue weighted by atomic mass is 32.2. The third-order valence-corrected chi connectivity index (χ3v) is 7.06. The summed E-state index contributed by atoms with van der Waals surface area (Å²) in [7, 11) is 0. The van der Waals surface area contributed by atoms with Gasteiger partial charge >= 0.3 is 0 Å². The highest BCUT2D eigenvalue weighted by molar-refractivity contribution is 8.04. The molecule has 1 unspecified atom stereocenters. The van der Waals surface area contributed by atoms with Gasteiger partial charge in [-0.3, -0.25) is 9.59 Å². The summed E-state index contributed by atoms with van der Waals surface area (Å²) < 4.78 is 11.2. The molecular weight excluding hydrogens is 460 g/mol. The van der Waals surface area contributed by atoms with Gasteiger partial charge in [0.25, 0.3) is 5.91 Å². The summed E-state index contributed by atoms with van der Waals surface area (Å²) in [5.41, 5.74) is 3.95. The molecule has 1 N–H and O–H groups in total. The molecule has 2 heterocycles. The second-order valence-electron chi connectivity index (χ2n) is 8.59. The lowest BCUT2D eigenvalue weighted by Crippen LogP contribution is -2.34. The topological polar surface area (TPSA) is 67.9 Å². The molecule has 6 nitrogen and oxygen atoms in total. The van der Waals surface area contributed by atoms with Crippen LogP contribution < -0.4 is 19.7 Å². The molecule has 0 radical (unpaired) electrons. The Kier molecular flexibility index (Phi) is 6.51. The fraction of sp³-hybridized carbons (Fsp3) is 0.214. The average Bonchev–Trinajstić information content (AvgIpc) is 2.87. The van der Waals surface area contributed by atoms with Gasteiger partial charge in [0.15, 0.2) is 11.5 Å². The molecule has 2 aliphatic rings. The molecule has 0 fully saturated rings. The van der Waals surface area contributed by atoms with E-state index in [0.717, 1.165) is 21.7 Å². The Bertz CT molecular complexity index is 1300. The van der Waals surface area contributed by atoms with Crippen LogP contribution in [-0.2, 0) is 16.1 Å². The van der Waals surface area contributed by atoms with Crippen LogP contribution in [0.3, 0.4) is 0 Å². The van der Waals surface area contributed by atoms with Crippen molar-refractivity contribution in [3.05, 3.63) is 94.4 Å². The molecule has 0 aliphatic carbocycles. The number of carbonyl (C=O) groups excluding carboxylic acids is 2. The summed E-state index contributed by atoms with van der Waals surface area (Å²) in [6.07, 6.45) is 1.40. The van der Waals surface area contributed by atoms with E-state index in [1.54, 1.807) is 4.90 Å². The first kappa shape index (κ1) is 23.1. The Morgan fingerprint density at radius 1 is 1.06 bits per heavy atom. The Morgan fingerprint density at radius 2 is 1.80 bits per heavy atom. The molecule has 35 heavy (non-hydrogen) atoms. The molecule has 2 aliphatic heterocycles. The van der Waals surface area contributed by atoms with Gasteiger partial charge in [0.2, 0.25) is 5.91 Å². The van der Waals surface area contributed by atoms with Crippen LogP contribution in [-0.4, -0.2) is 25.0 Å². The molecular formula is C28H26N2O4S. The lowest BCUT2D eigenvalue weighted by atomic mass is 10.1. The number of thioether (sulfide) groups is 1. The Hall–Kier alpha value is -3.71. The second kappa shape index (κ2) is 9.88. The van der Waals surface area contributed by atoms with Gasteiger partial charge in [-0.05, 0) is 49.2 Å². The van der Waals surface area contributed by atoms with Crippen molar-refractivity contribution in [3.63, 3.8) is 0 Å². The van der Waals surface area contributed by atoms with E-state index in [0.29, 0.717) is 36.2 Å². The standard InChI is InChI=1S/C28H26N2O4S/c1-18-7-9-20(10-8-18)17-30-22-5-3-4-6-25(22)35-26(28(30)32)16-27(31)29-19(2)21-11-12-23-24(15-21)34-14-13-33-23/h3-12,15-16,19H,13-14,17H2,1-2H3,(H,29,31). The number of nitrogens with zero attached hydrogens (tertiary/aromatic N) is 1. The summed E-state index contributed by atoms with van der Waals surface area (Å²) in [6.45, 7) is 5.40. The summed E-state index contributed by atoms with van der Waals surface area (Å²) >= 11 is 1.32. The van der Waals surface area contributed by atoms with Gasteiger partial charge in [0.05, 0.1) is 23.2 Å². The van der Waals surface area contributed by atoms with Crippen LogP contribution in [0.1, 0.15) is 29.7 Å². The van der Waals surface area contributed by atoms with Crippen molar-refractivity contribution >= 4 is 29.3 Å². The molecule has 0 bridgehead atoms. The van der Waals surface area contributed by atoms with Crippen molar-refractivity contribution in [1.82, 2.24) is 5.32 Å². The number of amides is 2. The molecule has 3 aromatic rings. The average molecular weight is 487 g/mol. The maximum Gasteiger partial charge on any atom is 0.265 e. The molecule has 3 aromatic carbocycles. The van der Waals surface area contributed by atoms with Gasteiger partial charge in [-0.1, -0.05) is 59.8 Å². The van der Waals surface area contributed by atoms with Crippen LogP contribution in [0.4, 0.5) is 5.69 Å². The Morgan fingerprint density at radius 3 is 2.60 bits per heavy atom. The van der Waals surface area contributed by atoms with Crippen molar-refractivity contribution in [2.45, 2.75) is 31.3 Å².